The largest absolute Gasteiger partial charge is 0.383 e. The zero-order valence-corrected chi connectivity index (χ0v) is 8.51. The number of halogens is 1. The van der Waals surface area contributed by atoms with E-state index in [2.05, 4.69) is 0 Å². The molecule has 76 valence electrons. The van der Waals surface area contributed by atoms with Gasteiger partial charge in [-0.2, -0.15) is 5.26 Å². The minimum Gasteiger partial charge on any atom is -0.383 e. The van der Waals surface area contributed by atoms with Crippen LogP contribution in [-0.2, 0) is 0 Å². The molecule has 0 aliphatic rings. The first kappa shape index (κ1) is 11.3. The molecule has 0 aromatic heterocycles. The van der Waals surface area contributed by atoms with Gasteiger partial charge < -0.3 is 5.73 Å². The molecule has 1 aromatic rings. The molecule has 1 aromatic carbocycles. The van der Waals surface area contributed by atoms with Crippen LogP contribution < -0.4 is 5.73 Å². The van der Waals surface area contributed by atoms with E-state index in [1.807, 2.05) is 0 Å². The molecule has 0 atom stereocenters. The molecular weight excluding hydrogens is 213 g/mol. The highest BCUT2D eigenvalue weighted by atomic mass is 32.2. The Morgan fingerprint density at radius 1 is 1.53 bits per heavy atom. The summed E-state index contributed by atoms with van der Waals surface area (Å²) in [5.74, 6) is -0.680. The number of thioether (sulfide) groups is 1. The Kier molecular flexibility index (Phi) is 3.89. The first-order valence-corrected chi connectivity index (χ1v) is 4.89. The van der Waals surface area contributed by atoms with Crippen LogP contribution in [0.5, 0.6) is 0 Å². The van der Waals surface area contributed by atoms with Gasteiger partial charge in [0.2, 0.25) is 0 Å². The molecule has 0 fully saturated rings. The van der Waals surface area contributed by atoms with Crippen molar-refractivity contribution in [1.82, 2.24) is 0 Å². The van der Waals surface area contributed by atoms with E-state index in [1.165, 1.54) is 11.5 Å². The van der Waals surface area contributed by atoms with Crippen molar-refractivity contribution in [3.8, 4) is 6.07 Å². The van der Waals surface area contributed by atoms with Crippen LogP contribution >= 0.6 is 11.8 Å². The quantitative estimate of drug-likeness (QED) is 0.356. The van der Waals surface area contributed by atoms with Crippen molar-refractivity contribution in [2.45, 2.75) is 4.90 Å². The lowest BCUT2D eigenvalue weighted by atomic mass is 10.3. The second-order valence-corrected chi connectivity index (χ2v) is 3.52. The normalized spacial score (nSPS) is 10.8. The third-order valence-corrected chi connectivity index (χ3v) is 2.49. The average Bonchev–Trinajstić information content (AvgIpc) is 2.21. The fourth-order valence-corrected chi connectivity index (χ4v) is 1.58. The summed E-state index contributed by atoms with van der Waals surface area (Å²) >= 11 is 1.03. The lowest BCUT2D eigenvalue weighted by Gasteiger charge is -1.98. The van der Waals surface area contributed by atoms with E-state index >= 15 is 0 Å². The Balaban J connectivity index is 2.85. The van der Waals surface area contributed by atoms with Crippen molar-refractivity contribution in [2.24, 2.45) is 5.73 Å². The fraction of sp³-hybridized carbons (Fsp3) is 0. The van der Waals surface area contributed by atoms with E-state index in [4.69, 9.17) is 16.4 Å². The summed E-state index contributed by atoms with van der Waals surface area (Å²) in [7, 11) is 0. The van der Waals surface area contributed by atoms with Crippen LogP contribution in [0.25, 0.3) is 0 Å². The van der Waals surface area contributed by atoms with E-state index in [0.29, 0.717) is 4.90 Å². The van der Waals surface area contributed by atoms with E-state index in [0.717, 1.165) is 11.8 Å². The van der Waals surface area contributed by atoms with Gasteiger partial charge in [0.05, 0.1) is 0 Å². The molecule has 3 N–H and O–H groups in total. The maximum Gasteiger partial charge on any atom is 0.137 e. The highest BCUT2D eigenvalue weighted by molar-refractivity contribution is 8.02. The lowest BCUT2D eigenvalue weighted by Crippen LogP contribution is -2.11. The van der Waals surface area contributed by atoms with Crippen molar-refractivity contribution < 1.29 is 4.39 Å². The molecule has 0 saturated heterocycles. The van der Waals surface area contributed by atoms with Crippen LogP contribution in [0.1, 0.15) is 0 Å². The Labute approximate surface area is 90.9 Å². The molecule has 15 heavy (non-hydrogen) atoms. The number of hydrogen-bond donors (Lipinski definition) is 2. The van der Waals surface area contributed by atoms with Gasteiger partial charge in [-0.1, -0.05) is 23.9 Å². The predicted molar refractivity (Wildman–Crippen MR) is 57.9 cm³/mol. The number of nitriles is 1. The second kappa shape index (κ2) is 5.17. The summed E-state index contributed by atoms with van der Waals surface area (Å²) in [6.45, 7) is 0. The van der Waals surface area contributed by atoms with Gasteiger partial charge in [-0.15, -0.1) is 0 Å². The van der Waals surface area contributed by atoms with Gasteiger partial charge in [0.1, 0.15) is 23.3 Å². The van der Waals surface area contributed by atoms with Crippen LogP contribution in [0.3, 0.4) is 0 Å². The van der Waals surface area contributed by atoms with E-state index < -0.39 is 0 Å². The van der Waals surface area contributed by atoms with Gasteiger partial charge in [0.15, 0.2) is 0 Å². The number of hydrogen-bond acceptors (Lipinski definition) is 3. The van der Waals surface area contributed by atoms with Crippen LogP contribution in [0.4, 0.5) is 4.39 Å². The minimum absolute atomic E-state index is 0.0308. The molecule has 1 rings (SSSR count). The first-order valence-electron chi connectivity index (χ1n) is 4.01. The fourth-order valence-electron chi connectivity index (χ4n) is 0.813. The van der Waals surface area contributed by atoms with Gasteiger partial charge in [0.25, 0.3) is 0 Å². The van der Waals surface area contributed by atoms with Crippen molar-refractivity contribution in [1.29, 1.82) is 10.7 Å². The molecule has 0 saturated carbocycles. The summed E-state index contributed by atoms with van der Waals surface area (Å²) in [6, 6.07) is 7.95. The van der Waals surface area contributed by atoms with Gasteiger partial charge in [0, 0.05) is 4.90 Å². The number of amidine groups is 1. The topological polar surface area (TPSA) is 73.7 Å². The molecule has 0 amide bonds. The zero-order valence-electron chi connectivity index (χ0n) is 7.70. The minimum atomic E-state index is -0.361. The summed E-state index contributed by atoms with van der Waals surface area (Å²) in [5, 5.41) is 17.0. The van der Waals surface area contributed by atoms with Crippen LogP contribution in [-0.4, -0.2) is 5.84 Å². The number of rotatable bonds is 3. The molecule has 0 bridgehead atoms. The highest BCUT2D eigenvalue weighted by Crippen LogP contribution is 2.23. The maximum atomic E-state index is 13.1. The highest BCUT2D eigenvalue weighted by Gasteiger charge is 2.02. The second-order valence-electron chi connectivity index (χ2n) is 2.61. The molecule has 0 radical (unpaired) electrons. The first-order chi connectivity index (χ1) is 7.15. The van der Waals surface area contributed by atoms with Crippen molar-refractivity contribution in [3.05, 3.63) is 41.1 Å². The Morgan fingerprint density at radius 2 is 2.20 bits per heavy atom. The van der Waals surface area contributed by atoms with Gasteiger partial charge in [-0.3, -0.25) is 5.41 Å². The summed E-state index contributed by atoms with van der Waals surface area (Å²) in [4.78, 5) is 0.395. The number of nitrogens with two attached hydrogens (primary N) is 1. The van der Waals surface area contributed by atoms with Gasteiger partial charge in [-0.05, 0) is 17.5 Å². The molecule has 0 unspecified atom stereocenters. The van der Waals surface area contributed by atoms with Crippen LogP contribution in [0.2, 0.25) is 0 Å². The van der Waals surface area contributed by atoms with E-state index in [-0.39, 0.29) is 17.2 Å². The lowest BCUT2D eigenvalue weighted by molar-refractivity contribution is 0.602. The predicted octanol–water partition coefficient (Wildman–Crippen LogP) is 2.26. The summed E-state index contributed by atoms with van der Waals surface area (Å²) in [5.41, 5.74) is 5.17. The maximum absolute atomic E-state index is 13.1. The standard InChI is InChI=1S/C10H8FN3S/c11-8-3-1-2-4-9(8)15-6-7(5-12)10(13)14/h1-4,6H,(H3,13,14)/b7-6-. The van der Waals surface area contributed by atoms with Crippen molar-refractivity contribution in [2.75, 3.05) is 0 Å². The van der Waals surface area contributed by atoms with Crippen molar-refractivity contribution >= 4 is 17.6 Å². The van der Waals surface area contributed by atoms with Gasteiger partial charge in [-0.25, -0.2) is 4.39 Å². The third-order valence-electron chi connectivity index (χ3n) is 1.55. The third kappa shape index (κ3) is 3.11. The molecule has 0 heterocycles. The molecule has 0 aliphatic heterocycles. The average molecular weight is 221 g/mol. The molecular formula is C10H8FN3S. The summed E-state index contributed by atoms with van der Waals surface area (Å²) in [6.07, 6.45) is 0. The van der Waals surface area contributed by atoms with Crippen LogP contribution in [0, 0.1) is 22.6 Å². The van der Waals surface area contributed by atoms with Crippen molar-refractivity contribution in [3.63, 3.8) is 0 Å². The van der Waals surface area contributed by atoms with Gasteiger partial charge >= 0.3 is 0 Å². The molecule has 3 nitrogen and oxygen atoms in total. The van der Waals surface area contributed by atoms with E-state index in [9.17, 15) is 4.39 Å². The molecule has 0 spiro atoms. The van der Waals surface area contributed by atoms with Crippen LogP contribution in [0.15, 0.2) is 40.1 Å². The van der Waals surface area contributed by atoms with E-state index in [1.54, 1.807) is 24.3 Å². The number of nitrogens with zero attached hydrogens (tertiary/aromatic N) is 1. The number of nitrogens with one attached hydrogen (secondary N) is 1. The Hall–Kier alpha value is -1.80. The monoisotopic (exact) mass is 221 g/mol. The SMILES string of the molecule is N#C/C(=C/Sc1ccccc1F)C(=N)N. The Bertz CT molecular complexity index is 448. The molecule has 0 aliphatic carbocycles. The smallest absolute Gasteiger partial charge is 0.137 e. The summed E-state index contributed by atoms with van der Waals surface area (Å²) < 4.78 is 13.1. The number of benzene rings is 1. The molecule has 5 heteroatoms. The Morgan fingerprint density at radius 3 is 2.73 bits per heavy atom. The zero-order chi connectivity index (χ0) is 11.3.